The van der Waals surface area contributed by atoms with E-state index in [2.05, 4.69) is 24.4 Å². The Labute approximate surface area is 107 Å². The lowest BCUT2D eigenvalue weighted by atomic mass is 9.94. The Morgan fingerprint density at radius 3 is 2.71 bits per heavy atom. The van der Waals surface area contributed by atoms with Crippen molar-refractivity contribution >= 4 is 11.3 Å². The van der Waals surface area contributed by atoms with Crippen molar-refractivity contribution in [2.45, 2.75) is 38.3 Å². The number of ether oxygens (including phenoxy) is 1. The van der Waals surface area contributed by atoms with Crippen LogP contribution in [0.5, 0.6) is 0 Å². The van der Waals surface area contributed by atoms with Gasteiger partial charge in [-0.05, 0) is 18.6 Å². The summed E-state index contributed by atoms with van der Waals surface area (Å²) in [5.41, 5.74) is -0.566. The van der Waals surface area contributed by atoms with Crippen LogP contribution in [0.4, 0.5) is 0 Å². The molecule has 3 nitrogen and oxygen atoms in total. The largest absolute Gasteiger partial charge is 0.388 e. The van der Waals surface area contributed by atoms with Gasteiger partial charge in [0, 0.05) is 48.9 Å². The summed E-state index contributed by atoms with van der Waals surface area (Å²) in [4.78, 5) is 2.77. The summed E-state index contributed by atoms with van der Waals surface area (Å²) < 4.78 is 5.26. The molecular weight excluding hydrogens is 234 g/mol. The van der Waals surface area contributed by atoms with Crippen LogP contribution in [0.3, 0.4) is 0 Å². The molecule has 0 atom stereocenters. The summed E-state index contributed by atoms with van der Waals surface area (Å²) >= 11 is 1.85. The minimum Gasteiger partial charge on any atom is -0.388 e. The molecule has 0 spiro atoms. The second kappa shape index (κ2) is 5.96. The maximum absolute atomic E-state index is 10.3. The van der Waals surface area contributed by atoms with E-state index < -0.39 is 5.60 Å². The monoisotopic (exact) mass is 255 g/mol. The second-order valence-corrected chi connectivity index (χ2v) is 5.91. The zero-order chi connectivity index (χ0) is 12.1. The molecule has 0 bridgehead atoms. The first kappa shape index (κ1) is 13.0. The van der Waals surface area contributed by atoms with E-state index in [0.29, 0.717) is 19.8 Å². The van der Waals surface area contributed by atoms with Crippen LogP contribution in [0, 0.1) is 0 Å². The Bertz CT molecular complexity index is 345. The Kier molecular flexibility index (Phi) is 4.56. The van der Waals surface area contributed by atoms with E-state index in [0.717, 1.165) is 25.8 Å². The summed E-state index contributed by atoms with van der Waals surface area (Å²) in [6.45, 7) is 5.05. The number of rotatable bonds is 5. The Balaban J connectivity index is 1.74. The van der Waals surface area contributed by atoms with Gasteiger partial charge in [0.25, 0.3) is 0 Å². The van der Waals surface area contributed by atoms with Crippen LogP contribution in [-0.2, 0) is 17.7 Å². The molecule has 2 heterocycles. The van der Waals surface area contributed by atoms with Gasteiger partial charge in [-0.2, -0.15) is 0 Å². The molecule has 0 aliphatic carbocycles. The molecule has 0 unspecified atom stereocenters. The lowest BCUT2D eigenvalue weighted by Gasteiger charge is -2.32. The summed E-state index contributed by atoms with van der Waals surface area (Å²) in [6, 6.07) is 4.36. The number of hydrogen-bond acceptors (Lipinski definition) is 4. The second-order valence-electron chi connectivity index (χ2n) is 4.66. The maximum Gasteiger partial charge on any atom is 0.0815 e. The highest BCUT2D eigenvalue weighted by Gasteiger charge is 2.29. The third-order valence-corrected chi connectivity index (χ3v) is 4.47. The van der Waals surface area contributed by atoms with Gasteiger partial charge < -0.3 is 15.2 Å². The van der Waals surface area contributed by atoms with Crippen molar-refractivity contribution in [3.63, 3.8) is 0 Å². The van der Waals surface area contributed by atoms with Gasteiger partial charge in [0.2, 0.25) is 0 Å². The average Bonchev–Trinajstić information content (AvgIpc) is 2.78. The molecule has 2 N–H and O–H groups in total. The Morgan fingerprint density at radius 1 is 1.35 bits per heavy atom. The normalized spacial score (nSPS) is 19.4. The van der Waals surface area contributed by atoms with E-state index in [1.807, 2.05) is 11.3 Å². The van der Waals surface area contributed by atoms with Crippen molar-refractivity contribution in [1.82, 2.24) is 5.32 Å². The van der Waals surface area contributed by atoms with Gasteiger partial charge in [-0.1, -0.05) is 6.92 Å². The van der Waals surface area contributed by atoms with Crippen molar-refractivity contribution < 1.29 is 9.84 Å². The van der Waals surface area contributed by atoms with Gasteiger partial charge in [-0.3, -0.25) is 0 Å². The number of hydrogen-bond donors (Lipinski definition) is 2. The third kappa shape index (κ3) is 3.78. The fourth-order valence-electron chi connectivity index (χ4n) is 2.05. The molecule has 1 aromatic rings. The molecule has 0 radical (unpaired) electrons. The van der Waals surface area contributed by atoms with Crippen LogP contribution >= 0.6 is 11.3 Å². The highest BCUT2D eigenvalue weighted by atomic mass is 32.1. The predicted molar refractivity (Wildman–Crippen MR) is 70.4 cm³/mol. The molecular formula is C13H21NO2S. The van der Waals surface area contributed by atoms with E-state index >= 15 is 0 Å². The van der Waals surface area contributed by atoms with Crippen LogP contribution < -0.4 is 5.32 Å². The molecule has 1 aliphatic rings. The van der Waals surface area contributed by atoms with E-state index in [4.69, 9.17) is 4.74 Å². The molecule has 1 saturated heterocycles. The Morgan fingerprint density at radius 2 is 2.06 bits per heavy atom. The summed E-state index contributed by atoms with van der Waals surface area (Å²) in [5, 5.41) is 13.6. The van der Waals surface area contributed by atoms with Crippen molar-refractivity contribution in [3.8, 4) is 0 Å². The minimum absolute atomic E-state index is 0.566. The summed E-state index contributed by atoms with van der Waals surface area (Å²) in [6.07, 6.45) is 2.58. The van der Waals surface area contributed by atoms with E-state index in [9.17, 15) is 5.11 Å². The van der Waals surface area contributed by atoms with Crippen LogP contribution in [-0.4, -0.2) is 30.5 Å². The summed E-state index contributed by atoms with van der Waals surface area (Å²) in [7, 11) is 0. The van der Waals surface area contributed by atoms with Crippen molar-refractivity contribution in [2.24, 2.45) is 0 Å². The molecule has 96 valence electrons. The van der Waals surface area contributed by atoms with Crippen LogP contribution in [0.1, 0.15) is 29.5 Å². The lowest BCUT2D eigenvalue weighted by molar-refractivity contribution is -0.0616. The van der Waals surface area contributed by atoms with Gasteiger partial charge in [0.1, 0.15) is 0 Å². The molecule has 0 saturated carbocycles. The zero-order valence-electron chi connectivity index (χ0n) is 10.4. The van der Waals surface area contributed by atoms with Crippen molar-refractivity contribution in [1.29, 1.82) is 0 Å². The minimum atomic E-state index is -0.566. The van der Waals surface area contributed by atoms with Gasteiger partial charge in [-0.25, -0.2) is 0 Å². The van der Waals surface area contributed by atoms with Crippen LogP contribution in [0.15, 0.2) is 12.1 Å². The summed E-state index contributed by atoms with van der Waals surface area (Å²) in [5.74, 6) is 0. The molecule has 2 rings (SSSR count). The van der Waals surface area contributed by atoms with Gasteiger partial charge >= 0.3 is 0 Å². The first-order valence-electron chi connectivity index (χ1n) is 6.30. The van der Waals surface area contributed by atoms with Crippen LogP contribution in [0.2, 0.25) is 0 Å². The quantitative estimate of drug-likeness (QED) is 0.845. The Hall–Kier alpha value is -0.420. The van der Waals surface area contributed by atoms with Crippen LogP contribution in [0.25, 0.3) is 0 Å². The standard InChI is InChI=1S/C13H21NO2S/c1-2-11-3-4-12(17-11)9-14-10-13(15)5-7-16-8-6-13/h3-4,14-15H,2,5-10H2,1H3. The average molecular weight is 255 g/mol. The van der Waals surface area contributed by atoms with Gasteiger partial charge in [-0.15, -0.1) is 11.3 Å². The van der Waals surface area contributed by atoms with Crippen molar-refractivity contribution in [3.05, 3.63) is 21.9 Å². The molecule has 17 heavy (non-hydrogen) atoms. The molecule has 1 fully saturated rings. The van der Waals surface area contributed by atoms with Crippen molar-refractivity contribution in [2.75, 3.05) is 19.8 Å². The van der Waals surface area contributed by atoms with Gasteiger partial charge in [0.15, 0.2) is 0 Å². The molecule has 1 aliphatic heterocycles. The highest BCUT2D eigenvalue weighted by Crippen LogP contribution is 2.20. The topological polar surface area (TPSA) is 41.5 Å². The lowest BCUT2D eigenvalue weighted by Crippen LogP contribution is -2.44. The molecule has 0 aromatic carbocycles. The zero-order valence-corrected chi connectivity index (χ0v) is 11.2. The highest BCUT2D eigenvalue weighted by molar-refractivity contribution is 7.11. The number of thiophene rings is 1. The fourth-order valence-corrected chi connectivity index (χ4v) is 2.98. The van der Waals surface area contributed by atoms with E-state index in [-0.39, 0.29) is 0 Å². The predicted octanol–water partition coefficient (Wildman–Crippen LogP) is 1.94. The van der Waals surface area contributed by atoms with E-state index in [1.54, 1.807) is 0 Å². The number of aliphatic hydroxyl groups is 1. The maximum atomic E-state index is 10.3. The molecule has 0 amide bonds. The van der Waals surface area contributed by atoms with E-state index in [1.165, 1.54) is 9.75 Å². The first-order valence-corrected chi connectivity index (χ1v) is 7.12. The first-order chi connectivity index (χ1) is 8.22. The third-order valence-electron chi connectivity index (χ3n) is 3.24. The number of nitrogens with one attached hydrogen (secondary N) is 1. The molecule has 4 heteroatoms. The number of aryl methyl sites for hydroxylation is 1. The molecule has 1 aromatic heterocycles. The fraction of sp³-hybridized carbons (Fsp3) is 0.692. The SMILES string of the molecule is CCc1ccc(CNCC2(O)CCOCC2)s1. The smallest absolute Gasteiger partial charge is 0.0815 e. The van der Waals surface area contributed by atoms with Gasteiger partial charge in [0.05, 0.1) is 5.60 Å².